The van der Waals surface area contributed by atoms with Crippen LogP contribution in [0.5, 0.6) is 0 Å². The molecule has 0 radical (unpaired) electrons. The number of Topliss-reactive ketones (excluding diaryl/α,β-unsaturated/α-hetero) is 1. The second-order valence-corrected chi connectivity index (χ2v) is 6.47. The molecule has 6 heteroatoms. The molecule has 122 valence electrons. The molecule has 0 unspecified atom stereocenters. The summed E-state index contributed by atoms with van der Waals surface area (Å²) in [7, 11) is 0. The lowest BCUT2D eigenvalue weighted by Gasteiger charge is -2.14. The fourth-order valence-electron chi connectivity index (χ4n) is 2.52. The number of ketones is 1. The predicted octanol–water partition coefficient (Wildman–Crippen LogP) is 3.84. The molecule has 0 spiro atoms. The Labute approximate surface area is 148 Å². The maximum absolute atomic E-state index is 13.1. The molecule has 0 aliphatic rings. The highest BCUT2D eigenvalue weighted by Gasteiger charge is 2.25. The largest absolute Gasteiger partial charge is 0.293 e. The molecule has 0 N–H and O–H groups in total. The van der Waals surface area contributed by atoms with Gasteiger partial charge in [-0.15, -0.1) is 5.10 Å². The molecule has 0 aliphatic carbocycles. The van der Waals surface area contributed by atoms with E-state index in [1.54, 1.807) is 23.0 Å². The molecule has 4 aromatic rings. The summed E-state index contributed by atoms with van der Waals surface area (Å²) >= 11 is 1.34. The van der Waals surface area contributed by atoms with Crippen LogP contribution in [-0.4, -0.2) is 25.4 Å². The summed E-state index contributed by atoms with van der Waals surface area (Å²) in [4.78, 5) is 21.6. The Morgan fingerprint density at radius 3 is 2.40 bits per heavy atom. The lowest BCUT2D eigenvalue weighted by atomic mass is 10.0. The Morgan fingerprint density at radius 1 is 0.960 bits per heavy atom. The van der Waals surface area contributed by atoms with Crippen LogP contribution < -0.4 is 0 Å². The Balaban J connectivity index is 1.71. The van der Waals surface area contributed by atoms with Gasteiger partial charge in [0, 0.05) is 18.0 Å². The van der Waals surface area contributed by atoms with Gasteiger partial charge in [0.05, 0.1) is 0 Å². The molecule has 25 heavy (non-hydrogen) atoms. The quantitative estimate of drug-likeness (QED) is 0.406. The highest BCUT2D eigenvalue weighted by Crippen LogP contribution is 2.36. The van der Waals surface area contributed by atoms with Gasteiger partial charge in [-0.3, -0.25) is 4.79 Å². The van der Waals surface area contributed by atoms with Gasteiger partial charge >= 0.3 is 0 Å². The lowest BCUT2D eigenvalue weighted by Crippen LogP contribution is -2.10. The molecular weight excluding hydrogens is 332 g/mol. The summed E-state index contributed by atoms with van der Waals surface area (Å²) in [5.41, 5.74) is 1.60. The van der Waals surface area contributed by atoms with Crippen molar-refractivity contribution in [3.63, 3.8) is 0 Å². The number of thioether (sulfide) groups is 1. The number of hydrogen-bond donors (Lipinski definition) is 0. The van der Waals surface area contributed by atoms with Gasteiger partial charge in [-0.25, -0.2) is 9.50 Å². The van der Waals surface area contributed by atoms with Gasteiger partial charge < -0.3 is 0 Å². The first-order valence-electron chi connectivity index (χ1n) is 7.79. The number of carbonyl (C=O) groups is 1. The van der Waals surface area contributed by atoms with Crippen molar-refractivity contribution in [1.82, 2.24) is 19.6 Å². The summed E-state index contributed by atoms with van der Waals surface area (Å²) in [5, 5.41) is 4.52. The summed E-state index contributed by atoms with van der Waals surface area (Å²) < 4.78 is 1.61. The number of nitrogens with zero attached hydrogens (tertiary/aromatic N) is 4. The fraction of sp³-hybridized carbons (Fsp3) is 0.0526. The molecule has 0 saturated heterocycles. The van der Waals surface area contributed by atoms with Crippen LogP contribution in [0.2, 0.25) is 0 Å². The van der Waals surface area contributed by atoms with Crippen molar-refractivity contribution in [2.45, 2.75) is 10.4 Å². The second kappa shape index (κ2) is 6.86. The van der Waals surface area contributed by atoms with E-state index < -0.39 is 5.25 Å². The van der Waals surface area contributed by atoms with Crippen LogP contribution in [0, 0.1) is 0 Å². The van der Waals surface area contributed by atoms with Crippen LogP contribution in [0.25, 0.3) is 5.78 Å². The van der Waals surface area contributed by atoms with Gasteiger partial charge in [0.2, 0.25) is 5.16 Å². The Morgan fingerprint density at radius 2 is 1.68 bits per heavy atom. The van der Waals surface area contributed by atoms with E-state index in [0.717, 1.165) is 5.56 Å². The summed E-state index contributed by atoms with van der Waals surface area (Å²) in [6, 6.07) is 20.8. The predicted molar refractivity (Wildman–Crippen MR) is 96.6 cm³/mol. The Bertz CT molecular complexity index is 969. The molecule has 4 rings (SSSR count). The van der Waals surface area contributed by atoms with E-state index in [2.05, 4.69) is 15.1 Å². The van der Waals surface area contributed by atoms with E-state index in [1.165, 1.54) is 11.8 Å². The van der Waals surface area contributed by atoms with Crippen LogP contribution in [0.3, 0.4) is 0 Å². The van der Waals surface area contributed by atoms with Crippen molar-refractivity contribution < 1.29 is 4.79 Å². The summed E-state index contributed by atoms with van der Waals surface area (Å²) in [5.74, 6) is 0.549. The van der Waals surface area contributed by atoms with Gasteiger partial charge in [0.15, 0.2) is 5.78 Å². The van der Waals surface area contributed by atoms with Crippen LogP contribution in [-0.2, 0) is 0 Å². The van der Waals surface area contributed by atoms with Gasteiger partial charge in [-0.1, -0.05) is 72.4 Å². The van der Waals surface area contributed by atoms with E-state index in [0.29, 0.717) is 16.5 Å². The molecule has 5 nitrogen and oxygen atoms in total. The average molecular weight is 346 g/mol. The third kappa shape index (κ3) is 3.29. The monoisotopic (exact) mass is 346 g/mol. The highest BCUT2D eigenvalue weighted by molar-refractivity contribution is 8.00. The minimum Gasteiger partial charge on any atom is -0.293 e. The van der Waals surface area contributed by atoms with Crippen molar-refractivity contribution in [2.75, 3.05) is 0 Å². The van der Waals surface area contributed by atoms with E-state index in [9.17, 15) is 4.79 Å². The molecule has 0 bridgehead atoms. The lowest BCUT2D eigenvalue weighted by molar-refractivity contribution is 0.0989. The Kier molecular flexibility index (Phi) is 4.26. The highest BCUT2D eigenvalue weighted by atomic mass is 32.2. The maximum atomic E-state index is 13.1. The van der Waals surface area contributed by atoms with E-state index in [-0.39, 0.29) is 5.78 Å². The molecule has 1 atom stereocenters. The summed E-state index contributed by atoms with van der Waals surface area (Å²) in [6.45, 7) is 0. The molecule has 2 aromatic carbocycles. The first kappa shape index (κ1) is 15.5. The first-order valence-corrected chi connectivity index (χ1v) is 8.67. The van der Waals surface area contributed by atoms with Crippen LogP contribution >= 0.6 is 11.8 Å². The van der Waals surface area contributed by atoms with E-state index >= 15 is 0 Å². The topological polar surface area (TPSA) is 60.2 Å². The molecule has 0 saturated carbocycles. The molecule has 0 aliphatic heterocycles. The zero-order valence-corrected chi connectivity index (χ0v) is 14.0. The third-order valence-electron chi connectivity index (χ3n) is 3.72. The van der Waals surface area contributed by atoms with Crippen molar-refractivity contribution in [3.8, 4) is 0 Å². The van der Waals surface area contributed by atoms with E-state index in [4.69, 9.17) is 0 Å². The molecule has 0 fully saturated rings. The molecule has 2 aromatic heterocycles. The number of carbonyl (C=O) groups excluding carboxylic acids is 1. The van der Waals surface area contributed by atoms with Gasteiger partial charge in [0.1, 0.15) is 5.25 Å². The van der Waals surface area contributed by atoms with Gasteiger partial charge in [-0.2, -0.15) is 4.98 Å². The number of fused-ring (bicyclic) bond motifs is 1. The van der Waals surface area contributed by atoms with Crippen LogP contribution in [0.4, 0.5) is 0 Å². The number of aromatic nitrogens is 4. The van der Waals surface area contributed by atoms with Crippen molar-refractivity contribution in [2.24, 2.45) is 0 Å². The zero-order chi connectivity index (χ0) is 17.1. The van der Waals surface area contributed by atoms with Crippen LogP contribution in [0.1, 0.15) is 21.2 Å². The van der Waals surface area contributed by atoms with Crippen LogP contribution in [0.15, 0.2) is 84.3 Å². The minimum atomic E-state index is -0.416. The normalized spacial score (nSPS) is 12.2. The van der Waals surface area contributed by atoms with Crippen molar-refractivity contribution >= 4 is 23.3 Å². The summed E-state index contributed by atoms with van der Waals surface area (Å²) in [6.07, 6.45) is 3.46. The third-order valence-corrected chi connectivity index (χ3v) is 4.82. The zero-order valence-electron chi connectivity index (χ0n) is 13.2. The molecule has 2 heterocycles. The molecule has 0 amide bonds. The van der Waals surface area contributed by atoms with Gasteiger partial charge in [0.25, 0.3) is 5.78 Å². The average Bonchev–Trinajstić information content (AvgIpc) is 3.09. The first-order chi connectivity index (χ1) is 12.3. The van der Waals surface area contributed by atoms with Gasteiger partial charge in [-0.05, 0) is 11.6 Å². The maximum Gasteiger partial charge on any atom is 0.253 e. The van der Waals surface area contributed by atoms with Crippen molar-refractivity contribution in [1.29, 1.82) is 0 Å². The minimum absolute atomic E-state index is 0.0311. The Hall–Kier alpha value is -2.99. The number of rotatable bonds is 5. The number of benzene rings is 2. The fourth-order valence-corrected chi connectivity index (χ4v) is 3.54. The van der Waals surface area contributed by atoms with Crippen molar-refractivity contribution in [3.05, 3.63) is 90.3 Å². The second-order valence-electron chi connectivity index (χ2n) is 5.40. The number of hydrogen-bond acceptors (Lipinski definition) is 5. The SMILES string of the molecule is O=C(c1ccccc1)[C@@H](Sc1nc2ncccn2n1)c1ccccc1. The standard InChI is InChI=1S/C19H14N4OS/c24-16(14-8-3-1-4-9-14)17(15-10-5-2-6-11-15)25-19-21-18-20-12-7-13-23(18)22-19/h1-13,17H/t17-/m0/s1. The van der Waals surface area contributed by atoms with E-state index in [1.807, 2.05) is 60.7 Å². The molecular formula is C19H14N4OS. The smallest absolute Gasteiger partial charge is 0.253 e.